The van der Waals surface area contributed by atoms with Crippen molar-refractivity contribution < 1.29 is 0 Å². The predicted octanol–water partition coefficient (Wildman–Crippen LogP) is 5.85. The molecule has 20 heavy (non-hydrogen) atoms. The van der Waals surface area contributed by atoms with Crippen LogP contribution in [0.1, 0.15) is 5.56 Å². The Kier molecular flexibility index (Phi) is 3.47. The summed E-state index contributed by atoms with van der Waals surface area (Å²) in [5.41, 5.74) is 3.73. The average Bonchev–Trinajstić information content (AvgIpc) is 2.47. The van der Waals surface area contributed by atoms with Crippen molar-refractivity contribution in [2.75, 3.05) is 0 Å². The van der Waals surface area contributed by atoms with Gasteiger partial charge in [0.15, 0.2) is 0 Å². The third-order valence-electron chi connectivity index (χ3n) is 3.20. The van der Waals surface area contributed by atoms with E-state index < -0.39 is 0 Å². The fourth-order valence-electron chi connectivity index (χ4n) is 2.32. The number of hydrogen-bond donors (Lipinski definition) is 0. The molecular formula is C17H11Cl2N. The Bertz CT molecular complexity index is 795. The quantitative estimate of drug-likeness (QED) is 0.541. The number of aromatic nitrogens is 1. The molecule has 0 fully saturated rings. The lowest BCUT2D eigenvalue weighted by Gasteiger charge is -2.12. The number of halogens is 2. The van der Waals surface area contributed by atoms with Gasteiger partial charge in [-0.1, -0.05) is 66.2 Å². The third-order valence-corrected chi connectivity index (χ3v) is 3.73. The zero-order chi connectivity index (χ0) is 14.1. The topological polar surface area (TPSA) is 12.9 Å². The summed E-state index contributed by atoms with van der Waals surface area (Å²) < 4.78 is 0. The Hall–Kier alpha value is -1.83. The smallest absolute Gasteiger partial charge is 0.137 e. The molecule has 2 aromatic carbocycles. The molecule has 0 saturated carbocycles. The number of benzene rings is 2. The molecule has 3 heteroatoms. The van der Waals surface area contributed by atoms with Crippen LogP contribution in [0, 0.1) is 0 Å². The van der Waals surface area contributed by atoms with E-state index in [0.717, 1.165) is 27.6 Å². The highest BCUT2D eigenvalue weighted by atomic mass is 35.5. The molecular weight excluding hydrogens is 289 g/mol. The van der Waals surface area contributed by atoms with Crippen LogP contribution in [0.15, 0.2) is 55.1 Å². The summed E-state index contributed by atoms with van der Waals surface area (Å²) in [6, 6.07) is 15.7. The van der Waals surface area contributed by atoms with Gasteiger partial charge in [-0.25, -0.2) is 4.98 Å². The number of hydrogen-bond acceptors (Lipinski definition) is 1. The molecule has 0 aliphatic rings. The van der Waals surface area contributed by atoms with Crippen molar-refractivity contribution in [3.8, 4) is 11.1 Å². The van der Waals surface area contributed by atoms with Gasteiger partial charge in [-0.3, -0.25) is 0 Å². The van der Waals surface area contributed by atoms with Gasteiger partial charge in [-0.2, -0.15) is 0 Å². The SMILES string of the molecule is C=Cc1c(Cl)nc2ccc(Cl)cc2c1-c1ccccc1. The average molecular weight is 300 g/mol. The molecule has 0 amide bonds. The molecule has 0 aliphatic carbocycles. The van der Waals surface area contributed by atoms with Gasteiger partial charge in [0.25, 0.3) is 0 Å². The summed E-state index contributed by atoms with van der Waals surface area (Å²) in [5, 5.41) is 2.10. The fraction of sp³-hybridized carbons (Fsp3) is 0. The minimum absolute atomic E-state index is 0.452. The molecule has 0 spiro atoms. The summed E-state index contributed by atoms with van der Waals surface area (Å²) in [6.07, 6.45) is 1.73. The molecule has 3 aromatic rings. The van der Waals surface area contributed by atoms with Crippen molar-refractivity contribution in [1.29, 1.82) is 0 Å². The van der Waals surface area contributed by atoms with Gasteiger partial charge in [-0.15, -0.1) is 0 Å². The lowest BCUT2D eigenvalue weighted by atomic mass is 9.96. The second kappa shape index (κ2) is 5.28. The van der Waals surface area contributed by atoms with E-state index in [1.54, 1.807) is 6.08 Å². The molecule has 0 aliphatic heterocycles. The lowest BCUT2D eigenvalue weighted by Crippen LogP contribution is -1.91. The Morgan fingerprint density at radius 3 is 2.45 bits per heavy atom. The zero-order valence-electron chi connectivity index (χ0n) is 10.6. The molecule has 0 saturated heterocycles. The standard InChI is InChI=1S/C17H11Cl2N/c1-2-13-16(11-6-4-3-5-7-11)14-10-12(18)8-9-15(14)20-17(13)19/h2-10H,1H2. The van der Waals surface area contributed by atoms with Gasteiger partial charge >= 0.3 is 0 Å². The van der Waals surface area contributed by atoms with Crippen molar-refractivity contribution in [2.24, 2.45) is 0 Å². The van der Waals surface area contributed by atoms with Gasteiger partial charge in [0.1, 0.15) is 5.15 Å². The molecule has 3 rings (SSSR count). The maximum Gasteiger partial charge on any atom is 0.137 e. The van der Waals surface area contributed by atoms with Crippen molar-refractivity contribution in [3.63, 3.8) is 0 Å². The Balaban J connectivity index is 2.48. The molecule has 0 N–H and O–H groups in total. The van der Waals surface area contributed by atoms with Gasteiger partial charge < -0.3 is 0 Å². The van der Waals surface area contributed by atoms with Crippen LogP contribution in [0.25, 0.3) is 28.1 Å². The van der Waals surface area contributed by atoms with Crippen LogP contribution in [0.3, 0.4) is 0 Å². The van der Waals surface area contributed by atoms with Crippen LogP contribution in [-0.2, 0) is 0 Å². The fourth-order valence-corrected chi connectivity index (χ4v) is 2.76. The Morgan fingerprint density at radius 1 is 1.00 bits per heavy atom. The van der Waals surface area contributed by atoms with E-state index in [1.165, 1.54) is 0 Å². The number of pyridine rings is 1. The Labute approximate surface area is 127 Å². The zero-order valence-corrected chi connectivity index (χ0v) is 12.1. The number of nitrogens with zero attached hydrogens (tertiary/aromatic N) is 1. The molecule has 1 aromatic heterocycles. The first-order chi connectivity index (χ1) is 9.70. The molecule has 1 nitrogen and oxygen atoms in total. The normalized spacial score (nSPS) is 10.7. The van der Waals surface area contributed by atoms with Crippen LogP contribution in [-0.4, -0.2) is 4.98 Å². The van der Waals surface area contributed by atoms with E-state index in [4.69, 9.17) is 23.2 Å². The highest BCUT2D eigenvalue weighted by molar-refractivity contribution is 6.33. The first-order valence-corrected chi connectivity index (χ1v) is 6.93. The van der Waals surface area contributed by atoms with Crippen molar-refractivity contribution >= 4 is 40.2 Å². The van der Waals surface area contributed by atoms with Crippen LogP contribution in [0.4, 0.5) is 0 Å². The first-order valence-electron chi connectivity index (χ1n) is 6.17. The van der Waals surface area contributed by atoms with E-state index in [1.807, 2.05) is 48.5 Å². The van der Waals surface area contributed by atoms with E-state index in [2.05, 4.69) is 11.6 Å². The van der Waals surface area contributed by atoms with E-state index in [-0.39, 0.29) is 0 Å². The summed E-state index contributed by atoms with van der Waals surface area (Å²) in [4.78, 5) is 4.41. The van der Waals surface area contributed by atoms with Gasteiger partial charge in [0.2, 0.25) is 0 Å². The van der Waals surface area contributed by atoms with Gasteiger partial charge in [0.05, 0.1) is 5.52 Å². The van der Waals surface area contributed by atoms with Gasteiger partial charge in [-0.05, 0) is 23.8 Å². The maximum absolute atomic E-state index is 6.28. The summed E-state index contributed by atoms with van der Waals surface area (Å²) >= 11 is 12.4. The summed E-state index contributed by atoms with van der Waals surface area (Å²) in [6.45, 7) is 3.85. The second-order valence-electron chi connectivity index (χ2n) is 4.42. The molecule has 0 radical (unpaired) electrons. The summed E-state index contributed by atoms with van der Waals surface area (Å²) in [7, 11) is 0. The van der Waals surface area contributed by atoms with Crippen LogP contribution < -0.4 is 0 Å². The van der Waals surface area contributed by atoms with Crippen molar-refractivity contribution in [2.45, 2.75) is 0 Å². The molecule has 0 bridgehead atoms. The molecule has 98 valence electrons. The number of fused-ring (bicyclic) bond motifs is 1. The Morgan fingerprint density at radius 2 is 1.75 bits per heavy atom. The first kappa shape index (κ1) is 13.2. The minimum Gasteiger partial charge on any atom is -0.235 e. The molecule has 0 unspecified atom stereocenters. The number of rotatable bonds is 2. The van der Waals surface area contributed by atoms with Crippen LogP contribution in [0.5, 0.6) is 0 Å². The molecule has 0 atom stereocenters. The third kappa shape index (κ3) is 2.20. The second-order valence-corrected chi connectivity index (χ2v) is 5.22. The van der Waals surface area contributed by atoms with Gasteiger partial charge in [0, 0.05) is 21.5 Å². The van der Waals surface area contributed by atoms with E-state index in [0.29, 0.717) is 10.2 Å². The highest BCUT2D eigenvalue weighted by Crippen LogP contribution is 2.36. The monoisotopic (exact) mass is 299 g/mol. The highest BCUT2D eigenvalue weighted by Gasteiger charge is 2.13. The minimum atomic E-state index is 0.452. The van der Waals surface area contributed by atoms with Crippen molar-refractivity contribution in [3.05, 3.63) is 70.8 Å². The lowest BCUT2D eigenvalue weighted by molar-refractivity contribution is 1.39. The van der Waals surface area contributed by atoms with E-state index in [9.17, 15) is 0 Å². The maximum atomic E-state index is 6.28. The summed E-state index contributed by atoms with van der Waals surface area (Å²) in [5.74, 6) is 0. The molecule has 1 heterocycles. The largest absolute Gasteiger partial charge is 0.235 e. The van der Waals surface area contributed by atoms with E-state index >= 15 is 0 Å². The van der Waals surface area contributed by atoms with Crippen LogP contribution >= 0.6 is 23.2 Å². The predicted molar refractivity (Wildman–Crippen MR) is 87.3 cm³/mol. The van der Waals surface area contributed by atoms with Crippen LogP contribution in [0.2, 0.25) is 10.2 Å². The van der Waals surface area contributed by atoms with Crippen molar-refractivity contribution in [1.82, 2.24) is 4.98 Å².